The van der Waals surface area contributed by atoms with Crippen molar-refractivity contribution < 1.29 is 9.21 Å². The molecule has 1 heterocycles. The largest absolute Gasteiger partial charge is 0.403 e. The number of carbonyl (C=O) groups excluding carboxylic acids is 1. The van der Waals surface area contributed by atoms with Gasteiger partial charge in [0, 0.05) is 11.1 Å². The smallest absolute Gasteiger partial charge is 0.322 e. The minimum absolute atomic E-state index is 0.0877. The van der Waals surface area contributed by atoms with Crippen molar-refractivity contribution >= 4 is 11.9 Å². The van der Waals surface area contributed by atoms with Crippen molar-refractivity contribution in [3.8, 4) is 11.5 Å². The van der Waals surface area contributed by atoms with Gasteiger partial charge in [-0.2, -0.15) is 0 Å². The highest BCUT2D eigenvalue weighted by Gasteiger charge is 2.13. The van der Waals surface area contributed by atoms with Gasteiger partial charge in [-0.15, -0.1) is 5.10 Å². The van der Waals surface area contributed by atoms with Crippen LogP contribution in [0.3, 0.4) is 0 Å². The number of nitrogens with zero attached hydrogens (tertiary/aromatic N) is 2. The van der Waals surface area contributed by atoms with Crippen LogP contribution >= 0.6 is 0 Å². The van der Waals surface area contributed by atoms with Crippen LogP contribution in [0.5, 0.6) is 0 Å². The number of anilines is 1. The van der Waals surface area contributed by atoms with Crippen LogP contribution in [0.4, 0.5) is 6.01 Å². The fourth-order valence-electron chi connectivity index (χ4n) is 2.22. The SMILES string of the molecule is Cc1cccc(C(=O)Nc2nnc(-c3ccc(C)c(C)c3)o2)c1. The summed E-state index contributed by atoms with van der Waals surface area (Å²) in [5, 5.41) is 10.5. The molecule has 5 nitrogen and oxygen atoms in total. The van der Waals surface area contributed by atoms with Gasteiger partial charge in [0.05, 0.1) is 0 Å². The van der Waals surface area contributed by atoms with Gasteiger partial charge in [0.1, 0.15) is 0 Å². The summed E-state index contributed by atoms with van der Waals surface area (Å²) in [6.07, 6.45) is 0. The molecule has 0 bridgehead atoms. The van der Waals surface area contributed by atoms with Gasteiger partial charge in [-0.1, -0.05) is 28.9 Å². The van der Waals surface area contributed by atoms with Crippen molar-refractivity contribution in [2.24, 2.45) is 0 Å². The summed E-state index contributed by atoms with van der Waals surface area (Å²) in [7, 11) is 0. The molecule has 1 aromatic heterocycles. The average molecular weight is 307 g/mol. The van der Waals surface area contributed by atoms with Gasteiger partial charge in [-0.25, -0.2) is 0 Å². The molecule has 1 amide bonds. The number of hydrogen-bond donors (Lipinski definition) is 1. The van der Waals surface area contributed by atoms with E-state index in [-0.39, 0.29) is 11.9 Å². The molecule has 116 valence electrons. The zero-order valence-electron chi connectivity index (χ0n) is 13.3. The Labute approximate surface area is 134 Å². The van der Waals surface area contributed by atoms with Crippen LogP contribution in [0, 0.1) is 20.8 Å². The molecule has 0 unspecified atom stereocenters. The molecule has 3 rings (SSSR count). The fraction of sp³-hybridized carbons (Fsp3) is 0.167. The molecule has 23 heavy (non-hydrogen) atoms. The lowest BCUT2D eigenvalue weighted by Gasteiger charge is -2.02. The number of nitrogens with one attached hydrogen (secondary N) is 1. The summed E-state index contributed by atoms with van der Waals surface area (Å²) in [5.41, 5.74) is 4.74. The number of amides is 1. The van der Waals surface area contributed by atoms with E-state index in [1.165, 1.54) is 5.56 Å². The fourth-order valence-corrected chi connectivity index (χ4v) is 2.22. The molecule has 5 heteroatoms. The number of benzene rings is 2. The van der Waals surface area contributed by atoms with Crippen molar-refractivity contribution in [3.63, 3.8) is 0 Å². The van der Waals surface area contributed by atoms with E-state index in [0.29, 0.717) is 11.5 Å². The zero-order chi connectivity index (χ0) is 16.4. The predicted octanol–water partition coefficient (Wildman–Crippen LogP) is 3.91. The topological polar surface area (TPSA) is 68.0 Å². The van der Waals surface area contributed by atoms with Crippen molar-refractivity contribution in [1.29, 1.82) is 0 Å². The van der Waals surface area contributed by atoms with E-state index in [4.69, 9.17) is 4.42 Å². The summed E-state index contributed by atoms with van der Waals surface area (Å²) in [6, 6.07) is 13.3. The van der Waals surface area contributed by atoms with Gasteiger partial charge in [-0.05, 0) is 56.2 Å². The number of aromatic nitrogens is 2. The summed E-state index contributed by atoms with van der Waals surface area (Å²) in [5.74, 6) is 0.108. The highest BCUT2D eigenvalue weighted by molar-refractivity contribution is 6.03. The van der Waals surface area contributed by atoms with Crippen molar-refractivity contribution in [3.05, 3.63) is 64.7 Å². The maximum Gasteiger partial charge on any atom is 0.322 e. The normalized spacial score (nSPS) is 10.6. The molecule has 0 saturated carbocycles. The summed E-state index contributed by atoms with van der Waals surface area (Å²) >= 11 is 0. The monoisotopic (exact) mass is 307 g/mol. The number of aryl methyl sites for hydroxylation is 3. The van der Waals surface area contributed by atoms with Crippen LogP contribution in [-0.4, -0.2) is 16.1 Å². The van der Waals surface area contributed by atoms with Gasteiger partial charge < -0.3 is 4.42 Å². The minimum Gasteiger partial charge on any atom is -0.403 e. The number of hydrogen-bond acceptors (Lipinski definition) is 4. The highest BCUT2D eigenvalue weighted by atomic mass is 16.4. The second-order valence-electron chi connectivity index (χ2n) is 5.54. The summed E-state index contributed by atoms with van der Waals surface area (Å²) in [6.45, 7) is 6.00. The Bertz CT molecular complexity index is 868. The molecule has 0 atom stereocenters. The maximum atomic E-state index is 12.2. The lowest BCUT2D eigenvalue weighted by molar-refractivity contribution is 0.102. The van der Waals surface area contributed by atoms with Crippen molar-refractivity contribution in [2.75, 3.05) is 5.32 Å². The molecule has 0 aliphatic carbocycles. The average Bonchev–Trinajstić information content (AvgIpc) is 2.98. The Hall–Kier alpha value is -2.95. The minimum atomic E-state index is -0.274. The molecule has 3 aromatic rings. The van der Waals surface area contributed by atoms with E-state index in [0.717, 1.165) is 16.7 Å². The van der Waals surface area contributed by atoms with Gasteiger partial charge in [0.2, 0.25) is 5.89 Å². The van der Waals surface area contributed by atoms with E-state index in [9.17, 15) is 4.79 Å². The molecule has 1 N–H and O–H groups in total. The molecule has 0 saturated heterocycles. The molecular formula is C18H17N3O2. The lowest BCUT2D eigenvalue weighted by Crippen LogP contribution is -2.12. The van der Waals surface area contributed by atoms with E-state index in [2.05, 4.69) is 15.5 Å². The first-order valence-corrected chi connectivity index (χ1v) is 7.32. The van der Waals surface area contributed by atoms with Crippen LogP contribution in [0.1, 0.15) is 27.0 Å². The van der Waals surface area contributed by atoms with Gasteiger partial charge in [-0.3, -0.25) is 10.1 Å². The molecule has 0 radical (unpaired) electrons. The van der Waals surface area contributed by atoms with Crippen LogP contribution in [0.2, 0.25) is 0 Å². The van der Waals surface area contributed by atoms with Crippen molar-refractivity contribution in [1.82, 2.24) is 10.2 Å². The second-order valence-corrected chi connectivity index (χ2v) is 5.54. The summed E-state index contributed by atoms with van der Waals surface area (Å²) < 4.78 is 5.53. The van der Waals surface area contributed by atoms with E-state index in [1.807, 2.05) is 51.1 Å². The van der Waals surface area contributed by atoms with E-state index >= 15 is 0 Å². The van der Waals surface area contributed by atoms with Crippen LogP contribution in [0.25, 0.3) is 11.5 Å². The third-order valence-electron chi connectivity index (χ3n) is 3.68. The van der Waals surface area contributed by atoms with Gasteiger partial charge >= 0.3 is 6.01 Å². The molecule has 0 spiro atoms. The first-order valence-electron chi connectivity index (χ1n) is 7.32. The quantitative estimate of drug-likeness (QED) is 0.796. The highest BCUT2D eigenvalue weighted by Crippen LogP contribution is 2.22. The van der Waals surface area contributed by atoms with Crippen LogP contribution in [-0.2, 0) is 0 Å². The lowest BCUT2D eigenvalue weighted by atomic mass is 10.1. The Morgan fingerprint density at radius 3 is 2.57 bits per heavy atom. The second kappa shape index (κ2) is 6.04. The Morgan fingerprint density at radius 1 is 1.00 bits per heavy atom. The van der Waals surface area contributed by atoms with Crippen molar-refractivity contribution in [2.45, 2.75) is 20.8 Å². The molecule has 2 aromatic carbocycles. The number of carbonyl (C=O) groups is 1. The molecule has 0 aliphatic heterocycles. The van der Waals surface area contributed by atoms with E-state index < -0.39 is 0 Å². The third kappa shape index (κ3) is 3.29. The third-order valence-corrected chi connectivity index (χ3v) is 3.68. The molecule has 0 fully saturated rings. The predicted molar refractivity (Wildman–Crippen MR) is 88.3 cm³/mol. The van der Waals surface area contributed by atoms with Crippen LogP contribution in [0.15, 0.2) is 46.9 Å². The Kier molecular flexibility index (Phi) is 3.93. The summed E-state index contributed by atoms with van der Waals surface area (Å²) in [4.78, 5) is 12.2. The Morgan fingerprint density at radius 2 is 1.83 bits per heavy atom. The number of rotatable bonds is 3. The van der Waals surface area contributed by atoms with Gasteiger partial charge in [0.15, 0.2) is 0 Å². The first kappa shape index (κ1) is 15.0. The maximum absolute atomic E-state index is 12.2. The standard InChI is InChI=1S/C18H17N3O2/c1-11-5-4-6-14(9-11)16(22)19-18-21-20-17(23-18)15-8-7-12(2)13(3)10-15/h4-10H,1-3H3,(H,19,21,22). The van der Waals surface area contributed by atoms with Crippen LogP contribution < -0.4 is 5.32 Å². The Balaban J connectivity index is 1.79. The van der Waals surface area contributed by atoms with Gasteiger partial charge in [0.25, 0.3) is 5.91 Å². The van der Waals surface area contributed by atoms with E-state index in [1.54, 1.807) is 12.1 Å². The first-order chi connectivity index (χ1) is 11.0. The zero-order valence-corrected chi connectivity index (χ0v) is 13.3. The molecular weight excluding hydrogens is 290 g/mol. The molecule has 0 aliphatic rings.